The second kappa shape index (κ2) is 11.9. The number of nitrogens with zero attached hydrogens (tertiary/aromatic N) is 2. The fourth-order valence-electron chi connectivity index (χ4n) is 2.98. The van der Waals surface area contributed by atoms with Gasteiger partial charge in [0.25, 0.3) is 0 Å². The molecule has 4 nitrogen and oxygen atoms in total. The average Bonchev–Trinajstić information content (AvgIpc) is 2.57. The zero-order chi connectivity index (χ0) is 16.5. The molecular formula is C18H30ClIN4. The molecule has 1 aromatic carbocycles. The molecule has 0 aromatic heterocycles. The number of guanidine groups is 1. The van der Waals surface area contributed by atoms with Gasteiger partial charge in [-0.2, -0.15) is 0 Å². The van der Waals surface area contributed by atoms with E-state index in [2.05, 4.69) is 39.6 Å². The van der Waals surface area contributed by atoms with Gasteiger partial charge in [-0.1, -0.05) is 30.7 Å². The molecule has 0 unspecified atom stereocenters. The summed E-state index contributed by atoms with van der Waals surface area (Å²) in [4.78, 5) is 6.89. The minimum atomic E-state index is 0. The molecule has 1 heterocycles. The first-order valence-corrected chi connectivity index (χ1v) is 9.03. The van der Waals surface area contributed by atoms with Crippen LogP contribution < -0.4 is 10.6 Å². The number of halogens is 2. The second-order valence-electron chi connectivity index (χ2n) is 6.14. The van der Waals surface area contributed by atoms with E-state index in [4.69, 9.17) is 11.6 Å². The maximum Gasteiger partial charge on any atom is 0.191 e. The van der Waals surface area contributed by atoms with Crippen molar-refractivity contribution in [2.45, 2.75) is 38.6 Å². The number of aliphatic imine (C=N–C) groups is 1. The fourth-order valence-corrected chi connectivity index (χ4v) is 3.11. The summed E-state index contributed by atoms with van der Waals surface area (Å²) < 4.78 is 0. The lowest BCUT2D eigenvalue weighted by molar-refractivity contribution is 0.206. The Morgan fingerprint density at radius 2 is 1.92 bits per heavy atom. The lowest BCUT2D eigenvalue weighted by atomic mass is 10.1. The highest BCUT2D eigenvalue weighted by molar-refractivity contribution is 14.0. The van der Waals surface area contributed by atoms with Crippen LogP contribution in [0.1, 0.15) is 31.7 Å². The van der Waals surface area contributed by atoms with E-state index in [1.807, 2.05) is 19.2 Å². The van der Waals surface area contributed by atoms with Gasteiger partial charge in [0.15, 0.2) is 5.96 Å². The number of piperidine rings is 1. The van der Waals surface area contributed by atoms with Crippen molar-refractivity contribution in [1.82, 2.24) is 15.5 Å². The molecule has 0 radical (unpaired) electrons. The molecule has 0 atom stereocenters. The van der Waals surface area contributed by atoms with Crippen molar-refractivity contribution in [3.63, 3.8) is 0 Å². The van der Waals surface area contributed by atoms with Crippen molar-refractivity contribution in [3.05, 3.63) is 34.9 Å². The second-order valence-corrected chi connectivity index (χ2v) is 6.57. The van der Waals surface area contributed by atoms with Gasteiger partial charge >= 0.3 is 0 Å². The summed E-state index contributed by atoms with van der Waals surface area (Å²) in [7, 11) is 1.84. The van der Waals surface area contributed by atoms with Crippen LogP contribution in [0.2, 0.25) is 5.02 Å². The van der Waals surface area contributed by atoms with Gasteiger partial charge in [0.1, 0.15) is 0 Å². The zero-order valence-electron chi connectivity index (χ0n) is 14.7. The molecule has 1 saturated heterocycles. The van der Waals surface area contributed by atoms with E-state index in [1.165, 1.54) is 44.5 Å². The minimum Gasteiger partial charge on any atom is -0.356 e. The Labute approximate surface area is 168 Å². The third-order valence-corrected chi connectivity index (χ3v) is 4.56. The fraction of sp³-hybridized carbons (Fsp3) is 0.611. The van der Waals surface area contributed by atoms with E-state index in [0.717, 1.165) is 23.9 Å². The van der Waals surface area contributed by atoms with Gasteiger partial charge in [-0.3, -0.25) is 4.99 Å². The Balaban J connectivity index is 0.00000288. The van der Waals surface area contributed by atoms with Crippen molar-refractivity contribution in [3.8, 4) is 0 Å². The summed E-state index contributed by atoms with van der Waals surface area (Å²) in [6, 6.07) is 8.56. The molecule has 1 aliphatic heterocycles. The lowest BCUT2D eigenvalue weighted by Crippen LogP contribution is -2.49. The Hall–Kier alpha value is -0.530. The van der Waals surface area contributed by atoms with Gasteiger partial charge < -0.3 is 15.5 Å². The molecule has 6 heteroatoms. The topological polar surface area (TPSA) is 39.7 Å². The summed E-state index contributed by atoms with van der Waals surface area (Å²) in [5.74, 6) is 0.910. The molecule has 0 saturated carbocycles. The highest BCUT2D eigenvalue weighted by Crippen LogP contribution is 2.11. The summed E-state index contributed by atoms with van der Waals surface area (Å²) in [5, 5.41) is 7.75. The van der Waals surface area contributed by atoms with Crippen LogP contribution in [0.15, 0.2) is 29.3 Å². The molecule has 2 rings (SSSR count). The SMILES string of the molecule is CCCN1CCC(NC(=NC)NCCc2ccc(Cl)cc2)CC1.I. The Morgan fingerprint density at radius 3 is 2.50 bits per heavy atom. The quantitative estimate of drug-likeness (QED) is 0.384. The smallest absolute Gasteiger partial charge is 0.191 e. The number of rotatable bonds is 6. The van der Waals surface area contributed by atoms with Crippen LogP contribution in [0.3, 0.4) is 0 Å². The maximum atomic E-state index is 5.91. The van der Waals surface area contributed by atoms with Crippen LogP contribution in [0.5, 0.6) is 0 Å². The van der Waals surface area contributed by atoms with Crippen LogP contribution in [0, 0.1) is 0 Å². The number of nitrogens with one attached hydrogen (secondary N) is 2. The van der Waals surface area contributed by atoms with Crippen molar-refractivity contribution in [1.29, 1.82) is 0 Å². The predicted molar refractivity (Wildman–Crippen MR) is 115 cm³/mol. The molecule has 24 heavy (non-hydrogen) atoms. The minimum absolute atomic E-state index is 0. The van der Waals surface area contributed by atoms with Crippen LogP contribution >= 0.6 is 35.6 Å². The number of hydrogen-bond acceptors (Lipinski definition) is 2. The van der Waals surface area contributed by atoms with E-state index in [0.29, 0.717) is 6.04 Å². The Morgan fingerprint density at radius 1 is 1.25 bits per heavy atom. The number of likely N-dealkylation sites (tertiary alicyclic amines) is 1. The summed E-state index contributed by atoms with van der Waals surface area (Å²) in [5.41, 5.74) is 1.28. The van der Waals surface area contributed by atoms with E-state index in [9.17, 15) is 0 Å². The summed E-state index contributed by atoms with van der Waals surface area (Å²) in [6.45, 7) is 6.72. The molecule has 0 aliphatic carbocycles. The van der Waals surface area contributed by atoms with Gasteiger partial charge in [-0.05, 0) is 49.9 Å². The first-order chi connectivity index (χ1) is 11.2. The molecule has 2 N–H and O–H groups in total. The summed E-state index contributed by atoms with van der Waals surface area (Å²) >= 11 is 5.91. The van der Waals surface area contributed by atoms with Crippen molar-refractivity contribution < 1.29 is 0 Å². The van der Waals surface area contributed by atoms with Gasteiger partial charge in [0.2, 0.25) is 0 Å². The third-order valence-electron chi connectivity index (χ3n) is 4.31. The molecule has 0 amide bonds. The first kappa shape index (κ1) is 21.5. The molecular weight excluding hydrogens is 435 g/mol. The van der Waals surface area contributed by atoms with E-state index >= 15 is 0 Å². The lowest BCUT2D eigenvalue weighted by Gasteiger charge is -2.32. The van der Waals surface area contributed by atoms with Gasteiger partial charge in [-0.25, -0.2) is 0 Å². The highest BCUT2D eigenvalue weighted by atomic mass is 127. The number of hydrogen-bond donors (Lipinski definition) is 2. The first-order valence-electron chi connectivity index (χ1n) is 8.65. The average molecular weight is 465 g/mol. The van der Waals surface area contributed by atoms with E-state index in [1.54, 1.807) is 0 Å². The van der Waals surface area contributed by atoms with Gasteiger partial charge in [-0.15, -0.1) is 24.0 Å². The molecule has 1 aromatic rings. The number of benzene rings is 1. The highest BCUT2D eigenvalue weighted by Gasteiger charge is 2.19. The standard InChI is InChI=1S/C18H29ClN4.HI/c1-3-12-23-13-9-17(10-14-23)22-18(20-2)21-11-8-15-4-6-16(19)7-5-15;/h4-7,17H,3,8-14H2,1-2H3,(H2,20,21,22);1H. The predicted octanol–water partition coefficient (Wildman–Crippen LogP) is 3.54. The monoisotopic (exact) mass is 464 g/mol. The van der Waals surface area contributed by atoms with E-state index < -0.39 is 0 Å². The molecule has 1 aliphatic rings. The zero-order valence-corrected chi connectivity index (χ0v) is 17.8. The third kappa shape index (κ3) is 7.57. The van der Waals surface area contributed by atoms with Crippen LogP contribution in [0.4, 0.5) is 0 Å². The van der Waals surface area contributed by atoms with Crippen LogP contribution in [-0.4, -0.2) is 50.1 Å². The van der Waals surface area contributed by atoms with Crippen molar-refractivity contribution in [2.24, 2.45) is 4.99 Å². The molecule has 0 spiro atoms. The molecule has 1 fully saturated rings. The van der Waals surface area contributed by atoms with Crippen LogP contribution in [-0.2, 0) is 6.42 Å². The van der Waals surface area contributed by atoms with Crippen LogP contribution in [0.25, 0.3) is 0 Å². The largest absolute Gasteiger partial charge is 0.356 e. The van der Waals surface area contributed by atoms with Crippen molar-refractivity contribution >= 4 is 41.5 Å². The van der Waals surface area contributed by atoms with Gasteiger partial charge in [0.05, 0.1) is 0 Å². The van der Waals surface area contributed by atoms with E-state index in [-0.39, 0.29) is 24.0 Å². The van der Waals surface area contributed by atoms with Gasteiger partial charge in [0, 0.05) is 37.7 Å². The maximum absolute atomic E-state index is 5.91. The normalized spacial score (nSPS) is 16.5. The Bertz CT molecular complexity index is 484. The molecule has 0 bridgehead atoms. The molecule has 136 valence electrons. The summed E-state index contributed by atoms with van der Waals surface area (Å²) in [6.07, 6.45) is 4.59. The Kier molecular flexibility index (Phi) is 10.7. The van der Waals surface area contributed by atoms with Crippen molar-refractivity contribution in [2.75, 3.05) is 33.2 Å².